The summed E-state index contributed by atoms with van der Waals surface area (Å²) in [7, 11) is 1.32. The van der Waals surface area contributed by atoms with Crippen molar-refractivity contribution in [1.82, 2.24) is 0 Å². The number of methoxy groups -OCH3 is 1. The van der Waals surface area contributed by atoms with Crippen LogP contribution in [0.25, 0.3) is 0 Å². The molecule has 0 bridgehead atoms. The minimum Gasteiger partial charge on any atom is -0.469 e. The van der Waals surface area contributed by atoms with Crippen molar-refractivity contribution in [2.24, 2.45) is 16.7 Å². The van der Waals surface area contributed by atoms with Gasteiger partial charge in [0.2, 0.25) is 0 Å². The Morgan fingerprint density at radius 1 is 1.13 bits per heavy atom. The zero-order valence-electron chi connectivity index (χ0n) is 8.41. The van der Waals surface area contributed by atoms with Crippen molar-refractivity contribution >= 4 is 52.4 Å². The van der Waals surface area contributed by atoms with Crippen LogP contribution >= 0.6 is 46.4 Å². The van der Waals surface area contributed by atoms with E-state index >= 15 is 0 Å². The van der Waals surface area contributed by atoms with Gasteiger partial charge in [0.1, 0.15) is 0 Å². The van der Waals surface area contributed by atoms with E-state index in [0.717, 1.165) is 0 Å². The lowest BCUT2D eigenvalue weighted by Gasteiger charge is -1.99. The number of carbonyl (C=O) groups is 1. The van der Waals surface area contributed by atoms with E-state index in [1.54, 1.807) is 0 Å². The summed E-state index contributed by atoms with van der Waals surface area (Å²) in [6.07, 6.45) is 0. The molecule has 2 aliphatic carbocycles. The molecule has 1 spiro atoms. The van der Waals surface area contributed by atoms with Crippen LogP contribution in [0, 0.1) is 16.7 Å². The second kappa shape index (κ2) is 2.72. The van der Waals surface area contributed by atoms with Crippen LogP contribution in [-0.2, 0) is 9.53 Å². The van der Waals surface area contributed by atoms with Crippen molar-refractivity contribution in [2.75, 3.05) is 7.11 Å². The summed E-state index contributed by atoms with van der Waals surface area (Å²) in [5.74, 6) is -0.811. The van der Waals surface area contributed by atoms with Gasteiger partial charge in [-0.3, -0.25) is 4.79 Å². The Morgan fingerprint density at radius 3 is 1.73 bits per heavy atom. The molecule has 0 aromatic carbocycles. The SMILES string of the molecule is COC(=O)[C@H]1C(C)(C)C12C(Cl)(Cl)C2(Cl)Cl. The molecular formula is C9H10Cl4O2. The van der Waals surface area contributed by atoms with Gasteiger partial charge in [0.05, 0.1) is 18.4 Å². The molecule has 86 valence electrons. The Morgan fingerprint density at radius 2 is 1.53 bits per heavy atom. The van der Waals surface area contributed by atoms with Gasteiger partial charge in [0.25, 0.3) is 0 Å². The maximum absolute atomic E-state index is 11.6. The Labute approximate surface area is 108 Å². The predicted molar refractivity (Wildman–Crippen MR) is 60.6 cm³/mol. The van der Waals surface area contributed by atoms with E-state index in [-0.39, 0.29) is 5.97 Å². The van der Waals surface area contributed by atoms with E-state index in [9.17, 15) is 4.79 Å². The van der Waals surface area contributed by atoms with Crippen LogP contribution in [0.3, 0.4) is 0 Å². The zero-order chi connectivity index (χ0) is 11.9. The van der Waals surface area contributed by atoms with Gasteiger partial charge in [0, 0.05) is 0 Å². The van der Waals surface area contributed by atoms with Crippen LogP contribution in [0.5, 0.6) is 0 Å². The monoisotopic (exact) mass is 290 g/mol. The van der Waals surface area contributed by atoms with Gasteiger partial charge in [-0.25, -0.2) is 0 Å². The summed E-state index contributed by atoms with van der Waals surface area (Å²) >= 11 is 24.2. The summed E-state index contributed by atoms with van der Waals surface area (Å²) in [6, 6.07) is 0. The maximum atomic E-state index is 11.6. The van der Waals surface area contributed by atoms with E-state index in [0.29, 0.717) is 0 Å². The number of alkyl halides is 4. The first-order valence-electron chi connectivity index (χ1n) is 4.44. The van der Waals surface area contributed by atoms with Crippen molar-refractivity contribution in [2.45, 2.75) is 22.5 Å². The van der Waals surface area contributed by atoms with Gasteiger partial charge >= 0.3 is 5.97 Å². The fourth-order valence-electron chi connectivity index (χ4n) is 2.96. The number of esters is 1. The second-order valence-corrected chi connectivity index (χ2v) is 7.29. The standard InChI is InChI=1S/C9H10Cl4O2/c1-6(2)4(5(14)15-3)7(6)8(10,11)9(7,12)13/h4H,1-3H3/t4-/m0/s1. The summed E-state index contributed by atoms with van der Waals surface area (Å²) in [4.78, 5) is 11.6. The van der Waals surface area contributed by atoms with E-state index in [4.69, 9.17) is 51.1 Å². The molecule has 2 aliphatic rings. The first kappa shape index (κ1) is 12.1. The minimum absolute atomic E-state index is 0.367. The average molecular weight is 292 g/mol. The average Bonchev–Trinajstić information content (AvgIpc) is 2.74. The Bertz CT molecular complexity index is 334. The summed E-state index contributed by atoms with van der Waals surface area (Å²) in [5, 5.41) is 0. The molecule has 2 fully saturated rings. The molecule has 2 rings (SSSR count). The molecule has 6 heteroatoms. The number of halogens is 4. The molecule has 15 heavy (non-hydrogen) atoms. The molecule has 2 nitrogen and oxygen atoms in total. The lowest BCUT2D eigenvalue weighted by Crippen LogP contribution is -2.08. The molecule has 0 aliphatic heterocycles. The quantitative estimate of drug-likeness (QED) is 0.548. The fourth-order valence-corrected chi connectivity index (χ4v) is 5.54. The Balaban J connectivity index is 2.40. The van der Waals surface area contributed by atoms with Crippen LogP contribution in [0.15, 0.2) is 0 Å². The minimum atomic E-state index is -1.29. The van der Waals surface area contributed by atoms with E-state index < -0.39 is 25.4 Å². The molecule has 0 heterocycles. The van der Waals surface area contributed by atoms with Crippen molar-refractivity contribution < 1.29 is 9.53 Å². The van der Waals surface area contributed by atoms with Gasteiger partial charge in [0.15, 0.2) is 8.67 Å². The number of hydrogen-bond donors (Lipinski definition) is 0. The van der Waals surface area contributed by atoms with Crippen LogP contribution in [0.2, 0.25) is 0 Å². The summed E-state index contributed by atoms with van der Waals surface area (Å²) in [5.41, 5.74) is -1.22. The number of hydrogen-bond acceptors (Lipinski definition) is 2. The van der Waals surface area contributed by atoms with Crippen molar-refractivity contribution in [3.8, 4) is 0 Å². The van der Waals surface area contributed by atoms with Crippen LogP contribution < -0.4 is 0 Å². The van der Waals surface area contributed by atoms with Crippen LogP contribution in [0.1, 0.15) is 13.8 Å². The number of carbonyl (C=O) groups excluding carboxylic acids is 1. The summed E-state index contributed by atoms with van der Waals surface area (Å²) < 4.78 is 2.13. The number of rotatable bonds is 1. The first-order chi connectivity index (χ1) is 6.60. The van der Waals surface area contributed by atoms with E-state index in [1.165, 1.54) is 7.11 Å². The molecule has 0 unspecified atom stereocenters. The molecule has 0 N–H and O–H groups in total. The molecule has 0 aromatic heterocycles. The van der Waals surface area contributed by atoms with Gasteiger partial charge in [-0.1, -0.05) is 60.3 Å². The highest BCUT2D eigenvalue weighted by Crippen LogP contribution is 2.97. The van der Waals surface area contributed by atoms with Crippen LogP contribution in [-0.4, -0.2) is 21.7 Å². The normalized spacial score (nSPS) is 36.1. The highest BCUT2D eigenvalue weighted by atomic mass is 35.5. The predicted octanol–water partition coefficient (Wildman–Crippen LogP) is 3.16. The zero-order valence-corrected chi connectivity index (χ0v) is 11.4. The third kappa shape index (κ3) is 0.910. The number of ether oxygens (including phenoxy) is 1. The molecular weight excluding hydrogens is 282 g/mol. The first-order valence-corrected chi connectivity index (χ1v) is 5.95. The molecule has 0 amide bonds. The van der Waals surface area contributed by atoms with Gasteiger partial charge < -0.3 is 4.74 Å². The van der Waals surface area contributed by atoms with E-state index in [2.05, 4.69) is 0 Å². The van der Waals surface area contributed by atoms with E-state index in [1.807, 2.05) is 13.8 Å². The van der Waals surface area contributed by atoms with Crippen molar-refractivity contribution in [1.29, 1.82) is 0 Å². The molecule has 0 saturated heterocycles. The lowest BCUT2D eigenvalue weighted by atomic mass is 10.1. The molecule has 0 aromatic rings. The van der Waals surface area contributed by atoms with Crippen molar-refractivity contribution in [3.63, 3.8) is 0 Å². The Hall–Kier alpha value is 0.630. The highest BCUT2D eigenvalue weighted by Gasteiger charge is 3.05. The molecule has 1 atom stereocenters. The van der Waals surface area contributed by atoms with Gasteiger partial charge in [-0.05, 0) is 5.41 Å². The largest absolute Gasteiger partial charge is 0.469 e. The summed E-state index contributed by atoms with van der Waals surface area (Å²) in [6.45, 7) is 3.72. The smallest absolute Gasteiger partial charge is 0.310 e. The maximum Gasteiger partial charge on any atom is 0.310 e. The highest BCUT2D eigenvalue weighted by molar-refractivity contribution is 6.70. The lowest BCUT2D eigenvalue weighted by molar-refractivity contribution is -0.143. The third-order valence-corrected chi connectivity index (χ3v) is 6.56. The van der Waals surface area contributed by atoms with Gasteiger partial charge in [-0.2, -0.15) is 0 Å². The van der Waals surface area contributed by atoms with Crippen LogP contribution in [0.4, 0.5) is 0 Å². The molecule has 0 radical (unpaired) electrons. The second-order valence-electron chi connectivity index (χ2n) is 4.63. The fraction of sp³-hybridized carbons (Fsp3) is 0.889. The molecule has 2 saturated carbocycles. The topological polar surface area (TPSA) is 26.3 Å². The Kier molecular flexibility index (Phi) is 2.19. The van der Waals surface area contributed by atoms with Crippen molar-refractivity contribution in [3.05, 3.63) is 0 Å². The third-order valence-electron chi connectivity index (χ3n) is 3.85. The van der Waals surface area contributed by atoms with Gasteiger partial charge in [-0.15, -0.1) is 0 Å².